The van der Waals surface area contributed by atoms with E-state index in [0.29, 0.717) is 26.2 Å². The third-order valence-electron chi connectivity index (χ3n) is 5.50. The number of pyridine rings is 1. The molecule has 0 radical (unpaired) electrons. The number of amides is 1. The number of nitrogens with one attached hydrogen (secondary N) is 2. The van der Waals surface area contributed by atoms with E-state index in [1.54, 1.807) is 0 Å². The lowest BCUT2D eigenvalue weighted by Crippen LogP contribution is -2.31. The summed E-state index contributed by atoms with van der Waals surface area (Å²) >= 11 is 0. The number of hydrogen-bond acceptors (Lipinski definition) is 6. The van der Waals surface area contributed by atoms with Crippen molar-refractivity contribution in [3.8, 4) is 0 Å². The van der Waals surface area contributed by atoms with Crippen molar-refractivity contribution in [2.45, 2.75) is 39.8 Å². The van der Waals surface area contributed by atoms with Crippen LogP contribution in [0.5, 0.6) is 0 Å². The summed E-state index contributed by atoms with van der Waals surface area (Å²) in [5.74, 6) is -0.0308. The zero-order chi connectivity index (χ0) is 21.5. The SMILES string of the molecule is Cc1ccc(NCC(c2ccc3c(c2)CC(=O)N3)P2(=O)OCC(C)(C)CO2)c(C)n1. The normalized spacial score (nSPS) is 20.3. The quantitative estimate of drug-likeness (QED) is 0.675. The second-order valence-corrected chi connectivity index (χ2v) is 11.1. The van der Waals surface area contributed by atoms with E-state index in [4.69, 9.17) is 9.05 Å². The molecule has 8 heteroatoms. The highest BCUT2D eigenvalue weighted by Gasteiger charge is 2.44. The molecule has 2 N–H and O–H groups in total. The Kier molecular flexibility index (Phi) is 5.47. The van der Waals surface area contributed by atoms with Crippen LogP contribution in [0.1, 0.15) is 42.0 Å². The minimum absolute atomic E-state index is 0.0308. The summed E-state index contributed by atoms with van der Waals surface area (Å²) in [7, 11) is -3.42. The molecule has 160 valence electrons. The van der Waals surface area contributed by atoms with Crippen LogP contribution in [0.3, 0.4) is 0 Å². The van der Waals surface area contributed by atoms with Gasteiger partial charge in [-0.3, -0.25) is 14.3 Å². The van der Waals surface area contributed by atoms with Crippen molar-refractivity contribution in [2.75, 3.05) is 30.4 Å². The van der Waals surface area contributed by atoms with Crippen LogP contribution < -0.4 is 10.6 Å². The summed E-state index contributed by atoms with van der Waals surface area (Å²) in [6, 6.07) is 9.60. The van der Waals surface area contributed by atoms with Crippen LogP contribution in [0.4, 0.5) is 11.4 Å². The molecule has 0 spiro atoms. The Labute approximate surface area is 177 Å². The summed E-state index contributed by atoms with van der Waals surface area (Å²) < 4.78 is 25.5. The topological polar surface area (TPSA) is 89.6 Å². The number of rotatable bonds is 5. The van der Waals surface area contributed by atoms with Crippen molar-refractivity contribution in [3.05, 3.63) is 52.8 Å². The molecule has 0 saturated carbocycles. The molecule has 1 unspecified atom stereocenters. The van der Waals surface area contributed by atoms with E-state index in [1.807, 2.05) is 58.0 Å². The second kappa shape index (κ2) is 7.80. The van der Waals surface area contributed by atoms with Crippen molar-refractivity contribution in [3.63, 3.8) is 0 Å². The van der Waals surface area contributed by atoms with Crippen LogP contribution >= 0.6 is 7.60 Å². The average Bonchev–Trinajstić information content (AvgIpc) is 3.05. The summed E-state index contributed by atoms with van der Waals surface area (Å²) in [6.07, 6.45) is 0.323. The van der Waals surface area contributed by atoms with Gasteiger partial charge in [-0.2, -0.15) is 0 Å². The van der Waals surface area contributed by atoms with Crippen molar-refractivity contribution < 1.29 is 18.4 Å². The molecule has 1 aromatic carbocycles. The molecule has 7 nitrogen and oxygen atoms in total. The van der Waals surface area contributed by atoms with Gasteiger partial charge in [-0.1, -0.05) is 26.0 Å². The summed E-state index contributed by atoms with van der Waals surface area (Å²) in [4.78, 5) is 16.2. The Morgan fingerprint density at radius 3 is 2.63 bits per heavy atom. The number of carbonyl (C=O) groups excluding carboxylic acids is 1. The number of carbonyl (C=O) groups is 1. The number of aromatic nitrogens is 1. The van der Waals surface area contributed by atoms with Gasteiger partial charge in [0.15, 0.2) is 0 Å². The van der Waals surface area contributed by atoms with Gasteiger partial charge in [-0.05, 0) is 43.2 Å². The molecule has 3 heterocycles. The Hall–Kier alpha value is -2.21. The first-order valence-corrected chi connectivity index (χ1v) is 11.8. The smallest absolute Gasteiger partial charge is 0.339 e. The maximum Gasteiger partial charge on any atom is 0.339 e. The Balaban J connectivity index is 1.64. The summed E-state index contributed by atoms with van der Waals surface area (Å²) in [5.41, 5.74) is 4.55. The minimum atomic E-state index is -3.42. The van der Waals surface area contributed by atoms with Gasteiger partial charge < -0.3 is 19.7 Å². The first-order chi connectivity index (χ1) is 14.2. The zero-order valence-electron chi connectivity index (χ0n) is 17.8. The molecule has 1 aromatic heterocycles. The van der Waals surface area contributed by atoms with Gasteiger partial charge in [0.2, 0.25) is 5.91 Å². The predicted octanol–water partition coefficient (Wildman–Crippen LogP) is 4.61. The lowest BCUT2D eigenvalue weighted by atomic mass is 9.97. The number of aryl methyl sites for hydroxylation is 2. The molecule has 1 fully saturated rings. The number of anilines is 2. The van der Waals surface area contributed by atoms with E-state index in [9.17, 15) is 9.36 Å². The molecule has 1 atom stereocenters. The molecule has 0 bridgehead atoms. The molecule has 4 rings (SSSR count). The largest absolute Gasteiger partial charge is 0.382 e. The Bertz CT molecular complexity index is 1020. The fraction of sp³-hybridized carbons (Fsp3) is 0.455. The highest BCUT2D eigenvalue weighted by atomic mass is 31.2. The van der Waals surface area contributed by atoms with Crippen molar-refractivity contribution in [2.24, 2.45) is 5.41 Å². The third kappa shape index (κ3) is 4.29. The van der Waals surface area contributed by atoms with E-state index in [1.165, 1.54) is 0 Å². The van der Waals surface area contributed by atoms with Gasteiger partial charge in [-0.15, -0.1) is 0 Å². The fourth-order valence-corrected chi connectivity index (χ4v) is 6.07. The molecule has 1 saturated heterocycles. The monoisotopic (exact) mass is 429 g/mol. The maximum absolute atomic E-state index is 13.8. The van der Waals surface area contributed by atoms with E-state index < -0.39 is 13.3 Å². The predicted molar refractivity (Wildman–Crippen MR) is 117 cm³/mol. The molecular formula is C22H28N3O4P. The van der Waals surface area contributed by atoms with E-state index in [0.717, 1.165) is 33.9 Å². The van der Waals surface area contributed by atoms with Crippen LogP contribution in [-0.2, 0) is 24.8 Å². The summed E-state index contributed by atoms with van der Waals surface area (Å²) in [6.45, 7) is 9.05. The van der Waals surface area contributed by atoms with Crippen LogP contribution in [0.2, 0.25) is 0 Å². The van der Waals surface area contributed by atoms with E-state index in [-0.39, 0.29) is 11.3 Å². The van der Waals surface area contributed by atoms with Crippen molar-refractivity contribution >= 4 is 24.9 Å². The maximum atomic E-state index is 13.8. The van der Waals surface area contributed by atoms with Gasteiger partial charge in [0.05, 0.1) is 31.0 Å². The average molecular weight is 429 g/mol. The van der Waals surface area contributed by atoms with Crippen LogP contribution in [0, 0.1) is 19.3 Å². The molecule has 1 amide bonds. The Morgan fingerprint density at radius 2 is 1.93 bits per heavy atom. The molecule has 2 aliphatic heterocycles. The van der Waals surface area contributed by atoms with Crippen LogP contribution in [0.25, 0.3) is 0 Å². The van der Waals surface area contributed by atoms with E-state index >= 15 is 0 Å². The Morgan fingerprint density at radius 1 is 1.20 bits per heavy atom. The third-order valence-corrected chi connectivity index (χ3v) is 7.72. The van der Waals surface area contributed by atoms with Crippen LogP contribution in [0.15, 0.2) is 30.3 Å². The number of nitrogens with zero attached hydrogens (tertiary/aromatic N) is 1. The van der Waals surface area contributed by atoms with Crippen molar-refractivity contribution in [1.82, 2.24) is 4.98 Å². The zero-order valence-corrected chi connectivity index (χ0v) is 18.7. The minimum Gasteiger partial charge on any atom is -0.382 e. The molecule has 30 heavy (non-hydrogen) atoms. The number of benzene rings is 1. The van der Waals surface area contributed by atoms with Gasteiger partial charge >= 0.3 is 7.60 Å². The van der Waals surface area contributed by atoms with Gasteiger partial charge in [0, 0.05) is 23.3 Å². The fourth-order valence-electron chi connectivity index (χ4n) is 3.74. The molecule has 0 aliphatic carbocycles. The molecule has 2 aliphatic rings. The first kappa shape index (κ1) is 21.0. The van der Waals surface area contributed by atoms with E-state index in [2.05, 4.69) is 15.6 Å². The van der Waals surface area contributed by atoms with Crippen molar-refractivity contribution in [1.29, 1.82) is 0 Å². The lowest BCUT2D eigenvalue weighted by Gasteiger charge is -2.37. The first-order valence-electron chi connectivity index (χ1n) is 10.1. The van der Waals surface area contributed by atoms with Gasteiger partial charge in [-0.25, -0.2) is 0 Å². The number of fused-ring (bicyclic) bond motifs is 1. The highest BCUT2D eigenvalue weighted by molar-refractivity contribution is 7.54. The summed E-state index contributed by atoms with van der Waals surface area (Å²) in [5, 5.41) is 6.22. The number of hydrogen-bond donors (Lipinski definition) is 2. The standard InChI is InChI=1S/C22H28N3O4P/c1-14-5-7-18(15(2)24-14)23-11-20(30(27)28-12-22(3,4)13-29-30)16-6-8-19-17(9-16)10-21(26)25-19/h5-9,20,23H,10-13H2,1-4H3,(H,25,26). The molecular weight excluding hydrogens is 401 g/mol. The lowest BCUT2D eigenvalue weighted by molar-refractivity contribution is -0.115. The van der Waals surface area contributed by atoms with Gasteiger partial charge in [0.25, 0.3) is 0 Å². The van der Waals surface area contributed by atoms with Crippen LogP contribution in [-0.4, -0.2) is 30.6 Å². The van der Waals surface area contributed by atoms with Gasteiger partial charge in [0.1, 0.15) is 5.66 Å². The second-order valence-electron chi connectivity index (χ2n) is 8.87. The highest BCUT2D eigenvalue weighted by Crippen LogP contribution is 2.64. The molecule has 2 aromatic rings.